The fourth-order valence-electron chi connectivity index (χ4n) is 1.70. The molecule has 88 valence electrons. The summed E-state index contributed by atoms with van der Waals surface area (Å²) in [6.07, 6.45) is -3.56. The Bertz CT molecular complexity index is 250. The average molecular weight is 224 g/mol. The molecule has 0 radical (unpaired) electrons. The maximum Gasteiger partial charge on any atom is 0.405 e. The van der Waals surface area contributed by atoms with Gasteiger partial charge < -0.3 is 10.6 Å². The van der Waals surface area contributed by atoms with Crippen molar-refractivity contribution in [3.8, 4) is 0 Å². The van der Waals surface area contributed by atoms with Gasteiger partial charge in [0.05, 0.1) is 6.04 Å². The van der Waals surface area contributed by atoms with E-state index >= 15 is 0 Å². The molecular weight excluding hydrogens is 209 g/mol. The number of amides is 1. The number of nitrogens with one attached hydrogen (secondary N) is 2. The van der Waals surface area contributed by atoms with Gasteiger partial charge in [-0.15, -0.1) is 0 Å². The van der Waals surface area contributed by atoms with Crippen LogP contribution in [0.15, 0.2) is 0 Å². The number of hydrogen-bond donors (Lipinski definition) is 2. The van der Waals surface area contributed by atoms with Crippen molar-refractivity contribution in [2.75, 3.05) is 13.1 Å². The van der Waals surface area contributed by atoms with Gasteiger partial charge in [-0.25, -0.2) is 0 Å². The Morgan fingerprint density at radius 2 is 2.13 bits per heavy atom. The topological polar surface area (TPSA) is 41.1 Å². The van der Waals surface area contributed by atoms with Crippen molar-refractivity contribution in [1.82, 2.24) is 10.6 Å². The molecule has 1 amide bonds. The van der Waals surface area contributed by atoms with E-state index in [9.17, 15) is 18.0 Å². The molecule has 0 saturated carbocycles. The summed E-state index contributed by atoms with van der Waals surface area (Å²) in [7, 11) is 0. The minimum absolute atomic E-state index is 0.282. The van der Waals surface area contributed by atoms with Gasteiger partial charge in [-0.05, 0) is 18.4 Å². The van der Waals surface area contributed by atoms with E-state index in [1.165, 1.54) is 0 Å². The molecule has 1 unspecified atom stereocenters. The molecule has 1 heterocycles. The lowest BCUT2D eigenvalue weighted by atomic mass is 9.84. The molecule has 0 aromatic carbocycles. The van der Waals surface area contributed by atoms with Gasteiger partial charge >= 0.3 is 6.18 Å². The first-order valence-electron chi connectivity index (χ1n) is 4.80. The van der Waals surface area contributed by atoms with Crippen molar-refractivity contribution in [1.29, 1.82) is 0 Å². The summed E-state index contributed by atoms with van der Waals surface area (Å²) in [6, 6.07) is -0.528. The van der Waals surface area contributed by atoms with Crippen LogP contribution in [0.5, 0.6) is 0 Å². The third-order valence-electron chi connectivity index (χ3n) is 2.62. The van der Waals surface area contributed by atoms with Crippen LogP contribution < -0.4 is 10.6 Å². The van der Waals surface area contributed by atoms with E-state index in [0.717, 1.165) is 6.42 Å². The lowest BCUT2D eigenvalue weighted by Gasteiger charge is -2.25. The second kappa shape index (κ2) is 4.00. The molecule has 6 heteroatoms. The van der Waals surface area contributed by atoms with Crippen molar-refractivity contribution < 1.29 is 18.0 Å². The summed E-state index contributed by atoms with van der Waals surface area (Å²) in [5.41, 5.74) is -0.282. The van der Waals surface area contributed by atoms with Gasteiger partial charge in [0.2, 0.25) is 5.91 Å². The Hall–Kier alpha value is -0.780. The first-order valence-corrected chi connectivity index (χ1v) is 4.80. The highest BCUT2D eigenvalue weighted by atomic mass is 19.4. The summed E-state index contributed by atoms with van der Waals surface area (Å²) in [4.78, 5) is 11.4. The maximum atomic E-state index is 11.9. The number of carbonyl (C=O) groups excluding carboxylic acids is 1. The van der Waals surface area contributed by atoms with Crippen molar-refractivity contribution in [2.45, 2.75) is 32.5 Å². The molecule has 1 fully saturated rings. The predicted molar refractivity (Wildman–Crippen MR) is 49.3 cm³/mol. The number of halogens is 3. The Kier molecular flexibility index (Phi) is 3.28. The molecule has 15 heavy (non-hydrogen) atoms. The fraction of sp³-hybridized carbons (Fsp3) is 0.889. The Balaban J connectivity index is 2.48. The molecule has 2 N–H and O–H groups in total. The van der Waals surface area contributed by atoms with Crippen LogP contribution in [0.25, 0.3) is 0 Å². The fourth-order valence-corrected chi connectivity index (χ4v) is 1.70. The second-order valence-electron chi connectivity index (χ2n) is 4.46. The van der Waals surface area contributed by atoms with E-state index in [4.69, 9.17) is 0 Å². The van der Waals surface area contributed by atoms with Crippen LogP contribution in [0.4, 0.5) is 13.2 Å². The van der Waals surface area contributed by atoms with Gasteiger partial charge in [-0.1, -0.05) is 13.8 Å². The number of rotatable bonds is 2. The third-order valence-corrected chi connectivity index (χ3v) is 2.62. The van der Waals surface area contributed by atoms with Gasteiger partial charge in [0, 0.05) is 0 Å². The minimum atomic E-state index is -4.35. The molecule has 1 aliphatic heterocycles. The van der Waals surface area contributed by atoms with Crippen LogP contribution in [0, 0.1) is 5.41 Å². The highest BCUT2D eigenvalue weighted by Gasteiger charge is 2.40. The van der Waals surface area contributed by atoms with E-state index in [1.807, 2.05) is 19.2 Å². The van der Waals surface area contributed by atoms with Gasteiger partial charge in [-0.3, -0.25) is 4.79 Å². The van der Waals surface area contributed by atoms with E-state index < -0.39 is 24.7 Å². The van der Waals surface area contributed by atoms with Crippen LogP contribution >= 0.6 is 0 Å². The predicted octanol–water partition coefficient (Wildman–Crippen LogP) is 1.05. The highest BCUT2D eigenvalue weighted by molar-refractivity contribution is 5.83. The molecule has 0 aliphatic carbocycles. The van der Waals surface area contributed by atoms with Crippen molar-refractivity contribution >= 4 is 5.91 Å². The lowest BCUT2D eigenvalue weighted by Crippen LogP contribution is -2.49. The van der Waals surface area contributed by atoms with Gasteiger partial charge in [0.25, 0.3) is 0 Å². The Labute approximate surface area is 86.4 Å². The molecule has 0 spiro atoms. The quantitative estimate of drug-likeness (QED) is 0.736. The molecule has 0 aromatic rings. The molecule has 0 aromatic heterocycles. The van der Waals surface area contributed by atoms with Crippen LogP contribution in [0.3, 0.4) is 0 Å². The highest BCUT2D eigenvalue weighted by Crippen LogP contribution is 2.29. The molecule has 3 nitrogen and oxygen atoms in total. The van der Waals surface area contributed by atoms with Gasteiger partial charge in [0.1, 0.15) is 6.54 Å². The monoisotopic (exact) mass is 224 g/mol. The largest absolute Gasteiger partial charge is 0.405 e. The van der Waals surface area contributed by atoms with Crippen LogP contribution in [-0.4, -0.2) is 31.2 Å². The standard InChI is InChI=1S/C9H15F3N2O/c1-8(2)3-4-13-6(8)7(15)14-5-9(10,11)12/h6,13H,3-5H2,1-2H3,(H,14,15). The molecular formula is C9H15F3N2O. The summed E-state index contributed by atoms with van der Waals surface area (Å²) in [5.74, 6) is -0.574. The Morgan fingerprint density at radius 1 is 1.53 bits per heavy atom. The second-order valence-corrected chi connectivity index (χ2v) is 4.46. The summed E-state index contributed by atoms with van der Waals surface area (Å²) in [6.45, 7) is 3.13. The number of carbonyl (C=O) groups is 1. The van der Waals surface area contributed by atoms with Crippen molar-refractivity contribution in [3.63, 3.8) is 0 Å². The summed E-state index contributed by atoms with van der Waals surface area (Å²) >= 11 is 0. The normalized spacial score (nSPS) is 25.3. The summed E-state index contributed by atoms with van der Waals surface area (Å²) in [5, 5.41) is 4.80. The Morgan fingerprint density at radius 3 is 2.53 bits per heavy atom. The van der Waals surface area contributed by atoms with Crippen molar-refractivity contribution in [3.05, 3.63) is 0 Å². The summed E-state index contributed by atoms with van der Waals surface area (Å²) < 4.78 is 35.6. The third kappa shape index (κ3) is 3.37. The SMILES string of the molecule is CC1(C)CCNC1C(=O)NCC(F)(F)F. The van der Waals surface area contributed by atoms with E-state index in [2.05, 4.69) is 5.32 Å². The maximum absolute atomic E-state index is 11.9. The smallest absolute Gasteiger partial charge is 0.346 e. The molecule has 1 atom stereocenters. The number of alkyl halides is 3. The first-order chi connectivity index (χ1) is 6.72. The van der Waals surface area contributed by atoms with E-state index in [-0.39, 0.29) is 5.41 Å². The average Bonchev–Trinajstić information content (AvgIpc) is 2.40. The van der Waals surface area contributed by atoms with E-state index in [0.29, 0.717) is 6.54 Å². The molecule has 1 rings (SSSR count). The number of hydrogen-bond acceptors (Lipinski definition) is 2. The van der Waals surface area contributed by atoms with Crippen molar-refractivity contribution in [2.24, 2.45) is 5.41 Å². The zero-order valence-electron chi connectivity index (χ0n) is 8.74. The molecule has 1 saturated heterocycles. The van der Waals surface area contributed by atoms with E-state index in [1.54, 1.807) is 0 Å². The first kappa shape index (κ1) is 12.3. The van der Waals surface area contributed by atoms with Crippen LogP contribution in [0.2, 0.25) is 0 Å². The molecule has 1 aliphatic rings. The molecule has 0 bridgehead atoms. The minimum Gasteiger partial charge on any atom is -0.346 e. The van der Waals surface area contributed by atoms with Crippen LogP contribution in [0.1, 0.15) is 20.3 Å². The van der Waals surface area contributed by atoms with Gasteiger partial charge in [-0.2, -0.15) is 13.2 Å². The lowest BCUT2D eigenvalue weighted by molar-refractivity contribution is -0.140. The zero-order chi connectivity index (χ0) is 11.7. The van der Waals surface area contributed by atoms with Crippen LogP contribution in [-0.2, 0) is 4.79 Å². The van der Waals surface area contributed by atoms with Gasteiger partial charge in [0.15, 0.2) is 0 Å². The zero-order valence-corrected chi connectivity index (χ0v) is 8.74.